The van der Waals surface area contributed by atoms with Crippen LogP contribution >= 0.6 is 35.1 Å². The van der Waals surface area contributed by atoms with Crippen LogP contribution in [0.25, 0.3) is 0 Å². The first-order valence-corrected chi connectivity index (χ1v) is 9.55. The summed E-state index contributed by atoms with van der Waals surface area (Å²) in [5, 5.41) is 15.1. The van der Waals surface area contributed by atoms with Crippen molar-refractivity contribution in [3.05, 3.63) is 57.0 Å². The van der Waals surface area contributed by atoms with Crippen LogP contribution in [0.3, 0.4) is 0 Å². The molecule has 3 rings (SSSR count). The minimum atomic E-state index is -0.281. The molecule has 0 saturated carbocycles. The fourth-order valence-electron chi connectivity index (χ4n) is 2.32. The van der Waals surface area contributed by atoms with Gasteiger partial charge in [0.1, 0.15) is 10.7 Å². The number of amides is 1. The van der Waals surface area contributed by atoms with E-state index in [1.807, 2.05) is 18.2 Å². The second kappa shape index (κ2) is 8.68. The predicted molar refractivity (Wildman–Crippen MR) is 109 cm³/mol. The number of aromatic nitrogens is 3. The molecule has 2 heterocycles. The molecule has 0 radical (unpaired) electrons. The van der Waals surface area contributed by atoms with Gasteiger partial charge in [0.2, 0.25) is 5.13 Å². The zero-order valence-electron chi connectivity index (χ0n) is 14.4. The molecule has 0 spiro atoms. The van der Waals surface area contributed by atoms with Crippen molar-refractivity contribution < 1.29 is 4.79 Å². The first-order valence-electron chi connectivity index (χ1n) is 7.86. The molecular weight excluding hydrogens is 390 g/mol. The van der Waals surface area contributed by atoms with Crippen molar-refractivity contribution in [3.8, 4) is 0 Å². The highest BCUT2D eigenvalue weighted by atomic mass is 35.5. The summed E-state index contributed by atoms with van der Waals surface area (Å²) >= 11 is 2.81. The van der Waals surface area contributed by atoms with Crippen molar-refractivity contribution in [2.24, 2.45) is 5.73 Å². The van der Waals surface area contributed by atoms with Crippen LogP contribution in [0.15, 0.2) is 35.7 Å². The fourth-order valence-corrected chi connectivity index (χ4v) is 3.98. The maximum Gasteiger partial charge on any atom is 0.276 e. The molecule has 3 N–H and O–H groups in total. The smallest absolute Gasteiger partial charge is 0.276 e. The third kappa shape index (κ3) is 4.45. The molecule has 3 aromatic rings. The quantitative estimate of drug-likeness (QED) is 0.649. The van der Waals surface area contributed by atoms with Crippen LogP contribution in [-0.4, -0.2) is 27.6 Å². The van der Waals surface area contributed by atoms with Crippen LogP contribution < -0.4 is 11.1 Å². The van der Waals surface area contributed by atoms with E-state index >= 15 is 0 Å². The van der Waals surface area contributed by atoms with E-state index in [1.165, 1.54) is 22.7 Å². The van der Waals surface area contributed by atoms with Crippen LogP contribution in [0.5, 0.6) is 0 Å². The van der Waals surface area contributed by atoms with Gasteiger partial charge in [0, 0.05) is 17.2 Å². The van der Waals surface area contributed by atoms with Gasteiger partial charge in [-0.05, 0) is 26.0 Å². The van der Waals surface area contributed by atoms with Gasteiger partial charge in [0.15, 0.2) is 0 Å². The number of carbonyl (C=O) groups excluding carboxylic acids is 1. The molecule has 0 saturated heterocycles. The molecule has 1 aromatic carbocycles. The van der Waals surface area contributed by atoms with Crippen LogP contribution in [-0.2, 0) is 11.8 Å². The largest absolute Gasteiger partial charge is 0.330 e. The van der Waals surface area contributed by atoms with E-state index in [0.29, 0.717) is 23.8 Å². The van der Waals surface area contributed by atoms with Crippen molar-refractivity contribution in [1.82, 2.24) is 15.2 Å². The Balaban J connectivity index is 0.00000243. The topological polar surface area (TPSA) is 93.8 Å². The minimum Gasteiger partial charge on any atom is -0.330 e. The van der Waals surface area contributed by atoms with Gasteiger partial charge in [0.25, 0.3) is 5.91 Å². The van der Waals surface area contributed by atoms with Gasteiger partial charge >= 0.3 is 0 Å². The van der Waals surface area contributed by atoms with E-state index in [-0.39, 0.29) is 23.7 Å². The van der Waals surface area contributed by atoms with Gasteiger partial charge in [0.05, 0.1) is 5.01 Å². The Morgan fingerprint density at radius 1 is 1.23 bits per heavy atom. The minimum absolute atomic E-state index is 0. The van der Waals surface area contributed by atoms with Crippen LogP contribution in [0.4, 0.5) is 5.13 Å². The number of halogens is 1. The SMILES string of the molecule is CC(C)(c1ccccc1)c1nnc(NC(=O)c2csc(CCN)n2)s1.Cl. The Hall–Kier alpha value is -1.87. The lowest BCUT2D eigenvalue weighted by atomic mass is 9.85. The number of nitrogens with zero attached hydrogens (tertiary/aromatic N) is 3. The second-order valence-corrected chi connectivity index (χ2v) is 7.94. The van der Waals surface area contributed by atoms with E-state index < -0.39 is 0 Å². The van der Waals surface area contributed by atoms with E-state index in [4.69, 9.17) is 5.73 Å². The van der Waals surface area contributed by atoms with Crippen LogP contribution in [0, 0.1) is 0 Å². The normalized spacial score (nSPS) is 11.0. The number of thiazole rings is 1. The molecular formula is C17H20ClN5OS2. The molecule has 138 valence electrons. The van der Waals surface area contributed by atoms with E-state index in [2.05, 4.69) is 46.5 Å². The molecule has 2 aromatic heterocycles. The Labute approximate surface area is 166 Å². The third-order valence-corrected chi connectivity index (χ3v) is 5.89. The molecule has 0 aliphatic carbocycles. The number of nitrogens with one attached hydrogen (secondary N) is 1. The average Bonchev–Trinajstić information content (AvgIpc) is 3.26. The highest BCUT2D eigenvalue weighted by Crippen LogP contribution is 2.34. The van der Waals surface area contributed by atoms with E-state index in [1.54, 1.807) is 5.38 Å². The summed E-state index contributed by atoms with van der Waals surface area (Å²) < 4.78 is 0. The number of carbonyl (C=O) groups is 1. The van der Waals surface area contributed by atoms with Crippen molar-refractivity contribution in [2.45, 2.75) is 25.7 Å². The zero-order chi connectivity index (χ0) is 17.9. The summed E-state index contributed by atoms with van der Waals surface area (Å²) in [5.74, 6) is -0.278. The summed E-state index contributed by atoms with van der Waals surface area (Å²) in [6, 6.07) is 10.1. The lowest BCUT2D eigenvalue weighted by Gasteiger charge is -2.21. The average molecular weight is 410 g/mol. The highest BCUT2D eigenvalue weighted by Gasteiger charge is 2.28. The third-order valence-electron chi connectivity index (χ3n) is 3.82. The highest BCUT2D eigenvalue weighted by molar-refractivity contribution is 7.15. The number of nitrogens with two attached hydrogens (primary N) is 1. The summed E-state index contributed by atoms with van der Waals surface area (Å²) in [4.78, 5) is 16.6. The maximum atomic E-state index is 12.3. The Morgan fingerprint density at radius 3 is 2.65 bits per heavy atom. The fraction of sp³-hybridized carbons (Fsp3) is 0.294. The molecule has 26 heavy (non-hydrogen) atoms. The van der Waals surface area contributed by atoms with Gasteiger partial charge in [-0.15, -0.1) is 33.9 Å². The molecule has 0 unspecified atom stereocenters. The summed E-state index contributed by atoms with van der Waals surface area (Å²) in [7, 11) is 0. The molecule has 0 aliphatic rings. The number of hydrogen-bond donors (Lipinski definition) is 2. The molecule has 0 aliphatic heterocycles. The van der Waals surface area contributed by atoms with Gasteiger partial charge < -0.3 is 5.73 Å². The summed E-state index contributed by atoms with van der Waals surface area (Å²) in [6.45, 7) is 4.70. The molecule has 0 atom stereocenters. The predicted octanol–water partition coefficient (Wildman–Crippen LogP) is 3.50. The van der Waals surface area contributed by atoms with Gasteiger partial charge in [-0.1, -0.05) is 41.7 Å². The van der Waals surface area contributed by atoms with Crippen molar-refractivity contribution in [1.29, 1.82) is 0 Å². The van der Waals surface area contributed by atoms with Gasteiger partial charge in [-0.3, -0.25) is 10.1 Å². The number of benzene rings is 1. The number of anilines is 1. The second-order valence-electron chi connectivity index (χ2n) is 6.02. The molecule has 0 bridgehead atoms. The Kier molecular flexibility index (Phi) is 6.82. The van der Waals surface area contributed by atoms with E-state index in [0.717, 1.165) is 15.6 Å². The van der Waals surface area contributed by atoms with Crippen molar-refractivity contribution in [2.75, 3.05) is 11.9 Å². The van der Waals surface area contributed by atoms with Crippen molar-refractivity contribution in [3.63, 3.8) is 0 Å². The number of hydrogen-bond acceptors (Lipinski definition) is 7. The number of rotatable bonds is 6. The Bertz CT molecular complexity index is 863. The molecule has 6 nitrogen and oxygen atoms in total. The van der Waals surface area contributed by atoms with Crippen molar-refractivity contribution >= 4 is 46.1 Å². The molecule has 1 amide bonds. The Morgan fingerprint density at radius 2 is 1.96 bits per heavy atom. The molecule has 0 fully saturated rings. The molecule has 9 heteroatoms. The van der Waals surface area contributed by atoms with Crippen LogP contribution in [0.1, 0.15) is 39.9 Å². The maximum absolute atomic E-state index is 12.3. The standard InChI is InChI=1S/C17H19N5OS2.ClH/c1-17(2,11-6-4-3-5-7-11)15-21-22-16(25-15)20-14(23)12-10-24-13(19-12)8-9-18;/h3-7,10H,8-9,18H2,1-2H3,(H,20,22,23);1H. The van der Waals surface area contributed by atoms with Crippen LogP contribution in [0.2, 0.25) is 0 Å². The lowest BCUT2D eigenvalue weighted by molar-refractivity contribution is 0.102. The first kappa shape index (κ1) is 20.4. The monoisotopic (exact) mass is 409 g/mol. The lowest BCUT2D eigenvalue weighted by Crippen LogP contribution is -2.18. The van der Waals surface area contributed by atoms with Gasteiger partial charge in [-0.25, -0.2) is 4.98 Å². The zero-order valence-corrected chi connectivity index (χ0v) is 16.9. The van der Waals surface area contributed by atoms with Gasteiger partial charge in [-0.2, -0.15) is 0 Å². The van der Waals surface area contributed by atoms with E-state index in [9.17, 15) is 4.79 Å². The first-order chi connectivity index (χ1) is 12.0. The summed E-state index contributed by atoms with van der Waals surface area (Å²) in [5.41, 5.74) is 6.76. The summed E-state index contributed by atoms with van der Waals surface area (Å²) in [6.07, 6.45) is 0.673.